The summed E-state index contributed by atoms with van der Waals surface area (Å²) in [6.45, 7) is 6.83. The summed E-state index contributed by atoms with van der Waals surface area (Å²) < 4.78 is 5.79. The Kier molecular flexibility index (Phi) is 7.17. The summed E-state index contributed by atoms with van der Waals surface area (Å²) >= 11 is 1.75. The average molecular weight is 401 g/mol. The molecule has 2 aromatic heterocycles. The molecule has 0 saturated heterocycles. The van der Waals surface area contributed by atoms with E-state index < -0.39 is 0 Å². The Balaban J connectivity index is 1.73. The van der Waals surface area contributed by atoms with Crippen molar-refractivity contribution in [3.63, 3.8) is 0 Å². The highest BCUT2D eigenvalue weighted by molar-refractivity contribution is 7.98. The Hall–Kier alpha value is -2.25. The molecule has 3 rings (SSSR count). The van der Waals surface area contributed by atoms with Gasteiger partial charge in [0.25, 0.3) is 5.91 Å². The van der Waals surface area contributed by atoms with E-state index in [1.54, 1.807) is 17.8 Å². The fraction of sp³-hybridized carbons (Fsp3) is 0.429. The topological polar surface area (TPSA) is 74.2 Å². The molecule has 6 nitrogen and oxygen atoms in total. The number of hydrogen-bond donors (Lipinski definition) is 2. The standard InChI is InChI=1S/C21H28N4O2S/c1-4-25(5-2)14-15-10-11-19(27-15)21(26)24-18(12-13-28-3)20-22-16-8-6-7-9-17(16)23-20/h6-11,18H,4-5,12-14H2,1-3H3,(H,22,23)(H,24,26)/t18-/m1/s1. The van der Waals surface area contributed by atoms with E-state index in [2.05, 4.69) is 40.3 Å². The number of amides is 1. The van der Waals surface area contributed by atoms with Crippen LogP contribution in [0.2, 0.25) is 0 Å². The van der Waals surface area contributed by atoms with Gasteiger partial charge in [0.15, 0.2) is 5.76 Å². The number of rotatable bonds is 10. The highest BCUT2D eigenvalue weighted by atomic mass is 32.2. The number of para-hydroxylation sites is 2. The molecule has 0 fully saturated rings. The highest BCUT2D eigenvalue weighted by Gasteiger charge is 2.21. The second-order valence-electron chi connectivity index (χ2n) is 6.67. The predicted octanol–water partition coefficient (Wildman–Crippen LogP) is 4.22. The number of furan rings is 1. The largest absolute Gasteiger partial charge is 0.455 e. The van der Waals surface area contributed by atoms with Crippen LogP contribution in [-0.4, -0.2) is 45.9 Å². The third kappa shape index (κ3) is 4.97. The number of nitrogens with one attached hydrogen (secondary N) is 2. The third-order valence-electron chi connectivity index (χ3n) is 4.81. The minimum absolute atomic E-state index is 0.191. The summed E-state index contributed by atoms with van der Waals surface area (Å²) in [5.74, 6) is 2.63. The SMILES string of the molecule is CCN(CC)Cc1ccc(C(=O)N[C@H](CCSC)c2nc3ccccc3[nH]2)o1. The van der Waals surface area contributed by atoms with Crippen LogP contribution in [0.1, 0.15) is 48.4 Å². The van der Waals surface area contributed by atoms with Crippen molar-refractivity contribution >= 4 is 28.7 Å². The number of H-pyrrole nitrogens is 1. The predicted molar refractivity (Wildman–Crippen MR) is 115 cm³/mol. The molecule has 0 unspecified atom stereocenters. The Morgan fingerprint density at radius 2 is 2.04 bits per heavy atom. The molecule has 2 heterocycles. The highest BCUT2D eigenvalue weighted by Crippen LogP contribution is 2.21. The van der Waals surface area contributed by atoms with Gasteiger partial charge >= 0.3 is 0 Å². The Morgan fingerprint density at radius 1 is 1.25 bits per heavy atom. The minimum Gasteiger partial charge on any atom is -0.455 e. The van der Waals surface area contributed by atoms with Gasteiger partial charge in [0, 0.05) is 0 Å². The van der Waals surface area contributed by atoms with Crippen molar-refractivity contribution in [2.75, 3.05) is 25.1 Å². The summed E-state index contributed by atoms with van der Waals surface area (Å²) in [7, 11) is 0. The molecular formula is C21H28N4O2S. The van der Waals surface area contributed by atoms with Gasteiger partial charge in [0.1, 0.15) is 11.6 Å². The van der Waals surface area contributed by atoms with Crippen LogP contribution in [0.4, 0.5) is 0 Å². The van der Waals surface area contributed by atoms with Gasteiger partial charge in [-0.25, -0.2) is 4.98 Å². The molecule has 1 amide bonds. The molecule has 0 radical (unpaired) electrons. The minimum atomic E-state index is -0.211. The van der Waals surface area contributed by atoms with Crippen molar-refractivity contribution < 1.29 is 9.21 Å². The molecule has 3 aromatic rings. The molecule has 150 valence electrons. The molecule has 0 aliphatic heterocycles. The van der Waals surface area contributed by atoms with Crippen molar-refractivity contribution in [2.45, 2.75) is 32.9 Å². The summed E-state index contributed by atoms with van der Waals surface area (Å²) in [5, 5.41) is 3.09. The van der Waals surface area contributed by atoms with Gasteiger partial charge in [-0.05, 0) is 55.8 Å². The molecule has 28 heavy (non-hydrogen) atoms. The number of benzene rings is 1. The second-order valence-corrected chi connectivity index (χ2v) is 7.66. The molecule has 0 saturated carbocycles. The summed E-state index contributed by atoms with van der Waals surface area (Å²) in [4.78, 5) is 23.0. The molecule has 0 aliphatic rings. The number of hydrogen-bond acceptors (Lipinski definition) is 5. The van der Waals surface area contributed by atoms with Crippen LogP contribution < -0.4 is 5.32 Å². The van der Waals surface area contributed by atoms with Gasteiger partial charge in [-0.15, -0.1) is 0 Å². The molecular weight excluding hydrogens is 372 g/mol. The Bertz CT molecular complexity index is 868. The lowest BCUT2D eigenvalue weighted by Gasteiger charge is -2.16. The van der Waals surface area contributed by atoms with Gasteiger partial charge < -0.3 is 14.7 Å². The summed E-state index contributed by atoms with van der Waals surface area (Å²) in [6.07, 6.45) is 2.85. The zero-order valence-electron chi connectivity index (χ0n) is 16.7. The first-order chi connectivity index (χ1) is 13.6. The van der Waals surface area contributed by atoms with E-state index in [0.717, 1.165) is 47.9 Å². The van der Waals surface area contributed by atoms with Gasteiger partial charge in [-0.3, -0.25) is 9.69 Å². The van der Waals surface area contributed by atoms with Crippen LogP contribution in [0, 0.1) is 0 Å². The number of nitrogens with zero attached hydrogens (tertiary/aromatic N) is 2. The quantitative estimate of drug-likeness (QED) is 0.533. The Morgan fingerprint density at radius 3 is 2.75 bits per heavy atom. The molecule has 1 atom stereocenters. The van der Waals surface area contributed by atoms with Gasteiger partial charge in [-0.1, -0.05) is 26.0 Å². The maximum atomic E-state index is 12.8. The van der Waals surface area contributed by atoms with E-state index in [1.165, 1.54) is 0 Å². The normalized spacial score (nSPS) is 12.6. The van der Waals surface area contributed by atoms with E-state index in [1.807, 2.05) is 30.3 Å². The zero-order chi connectivity index (χ0) is 19.9. The lowest BCUT2D eigenvalue weighted by Crippen LogP contribution is -2.29. The van der Waals surface area contributed by atoms with Crippen molar-refractivity contribution in [1.82, 2.24) is 20.2 Å². The number of imidazole rings is 1. The molecule has 2 N–H and O–H groups in total. The summed E-state index contributed by atoms with van der Waals surface area (Å²) in [5.41, 5.74) is 1.88. The average Bonchev–Trinajstić information content (AvgIpc) is 3.36. The van der Waals surface area contributed by atoms with Crippen molar-refractivity contribution in [3.8, 4) is 0 Å². The first kappa shape index (κ1) is 20.5. The summed E-state index contributed by atoms with van der Waals surface area (Å²) in [6, 6.07) is 11.3. The van der Waals surface area contributed by atoms with E-state index in [4.69, 9.17) is 4.42 Å². The number of carbonyl (C=O) groups is 1. The lowest BCUT2D eigenvalue weighted by molar-refractivity contribution is 0.0902. The van der Waals surface area contributed by atoms with Crippen molar-refractivity contribution in [3.05, 3.63) is 53.7 Å². The van der Waals surface area contributed by atoms with Crippen LogP contribution in [0.25, 0.3) is 11.0 Å². The number of carbonyl (C=O) groups excluding carboxylic acids is 1. The second kappa shape index (κ2) is 9.80. The van der Waals surface area contributed by atoms with Crippen LogP contribution in [-0.2, 0) is 6.54 Å². The smallest absolute Gasteiger partial charge is 0.287 e. The van der Waals surface area contributed by atoms with Crippen molar-refractivity contribution in [1.29, 1.82) is 0 Å². The molecule has 0 spiro atoms. The van der Waals surface area contributed by atoms with Crippen molar-refractivity contribution in [2.24, 2.45) is 0 Å². The van der Waals surface area contributed by atoms with E-state index in [0.29, 0.717) is 12.3 Å². The molecule has 0 bridgehead atoms. The number of aromatic nitrogens is 2. The van der Waals surface area contributed by atoms with Crippen LogP contribution in [0.5, 0.6) is 0 Å². The first-order valence-corrected chi connectivity index (χ1v) is 11.1. The van der Waals surface area contributed by atoms with E-state index in [-0.39, 0.29) is 11.9 Å². The first-order valence-electron chi connectivity index (χ1n) is 9.70. The molecule has 0 aliphatic carbocycles. The number of aromatic amines is 1. The van der Waals surface area contributed by atoms with Crippen LogP contribution in [0.15, 0.2) is 40.8 Å². The lowest BCUT2D eigenvalue weighted by atomic mass is 10.2. The fourth-order valence-electron chi connectivity index (χ4n) is 3.13. The maximum Gasteiger partial charge on any atom is 0.287 e. The fourth-order valence-corrected chi connectivity index (χ4v) is 3.60. The van der Waals surface area contributed by atoms with Crippen LogP contribution >= 0.6 is 11.8 Å². The zero-order valence-corrected chi connectivity index (χ0v) is 17.5. The number of thioether (sulfide) groups is 1. The van der Waals surface area contributed by atoms with E-state index >= 15 is 0 Å². The van der Waals surface area contributed by atoms with E-state index in [9.17, 15) is 4.79 Å². The van der Waals surface area contributed by atoms with Gasteiger partial charge in [0.05, 0.1) is 23.6 Å². The van der Waals surface area contributed by atoms with Gasteiger partial charge in [-0.2, -0.15) is 11.8 Å². The third-order valence-corrected chi connectivity index (χ3v) is 5.46. The molecule has 7 heteroatoms. The molecule has 1 aromatic carbocycles. The number of fused-ring (bicyclic) bond motifs is 1. The van der Waals surface area contributed by atoms with Crippen LogP contribution in [0.3, 0.4) is 0 Å². The monoisotopic (exact) mass is 400 g/mol. The van der Waals surface area contributed by atoms with Gasteiger partial charge in [0.2, 0.25) is 0 Å². The maximum absolute atomic E-state index is 12.8. The Labute approximate surface area is 170 Å².